The van der Waals surface area contributed by atoms with Crippen molar-refractivity contribution in [3.63, 3.8) is 0 Å². The Morgan fingerprint density at radius 2 is 2.09 bits per heavy atom. The minimum atomic E-state index is -0.285. The minimum absolute atomic E-state index is 0.00363. The van der Waals surface area contributed by atoms with Crippen molar-refractivity contribution < 1.29 is 19.0 Å². The number of hydrogen-bond donors (Lipinski definition) is 1. The van der Waals surface area contributed by atoms with Crippen LogP contribution < -0.4 is 10.1 Å². The predicted octanol–water partition coefficient (Wildman–Crippen LogP) is 2.13. The zero-order chi connectivity index (χ0) is 16.1. The van der Waals surface area contributed by atoms with Gasteiger partial charge in [-0.25, -0.2) is 4.79 Å². The molecule has 0 aliphatic carbocycles. The number of amides is 2. The topological polar surface area (TPSA) is 60.0 Å². The highest BCUT2D eigenvalue weighted by Gasteiger charge is 2.36. The van der Waals surface area contributed by atoms with E-state index in [1.54, 1.807) is 7.11 Å². The number of para-hydroxylation sites is 1. The van der Waals surface area contributed by atoms with Crippen LogP contribution in [0.3, 0.4) is 0 Å². The fourth-order valence-corrected chi connectivity index (χ4v) is 3.21. The number of carbonyl (C=O) groups excluding carboxylic acids is 1. The maximum atomic E-state index is 12.6. The number of hydrogen-bond acceptors (Lipinski definition) is 4. The second-order valence-corrected chi connectivity index (χ2v) is 5.84. The normalized spacial score (nSPS) is 22.1. The first-order valence-electron chi connectivity index (χ1n) is 8.19. The van der Waals surface area contributed by atoms with Gasteiger partial charge < -0.3 is 24.4 Å². The number of urea groups is 1. The van der Waals surface area contributed by atoms with Crippen molar-refractivity contribution in [3.05, 3.63) is 29.8 Å². The molecule has 2 aliphatic rings. The van der Waals surface area contributed by atoms with Gasteiger partial charge >= 0.3 is 6.03 Å². The lowest BCUT2D eigenvalue weighted by Crippen LogP contribution is -2.53. The number of carbonyl (C=O) groups is 1. The SMILES string of the molecule is COc1ccccc1CNC(=O)N1CCCCC1C1OCCO1. The molecule has 23 heavy (non-hydrogen) atoms. The van der Waals surface area contributed by atoms with Gasteiger partial charge in [-0.3, -0.25) is 0 Å². The summed E-state index contributed by atoms with van der Waals surface area (Å²) in [6.07, 6.45) is 2.76. The van der Waals surface area contributed by atoms with Crippen LogP contribution in [0.2, 0.25) is 0 Å². The van der Waals surface area contributed by atoms with Crippen molar-refractivity contribution in [2.24, 2.45) is 0 Å². The second-order valence-electron chi connectivity index (χ2n) is 5.84. The summed E-state index contributed by atoms with van der Waals surface area (Å²) >= 11 is 0. The number of piperidine rings is 1. The van der Waals surface area contributed by atoms with Crippen LogP contribution in [0.25, 0.3) is 0 Å². The highest BCUT2D eigenvalue weighted by Crippen LogP contribution is 2.24. The van der Waals surface area contributed by atoms with E-state index in [0.29, 0.717) is 19.8 Å². The number of nitrogens with one attached hydrogen (secondary N) is 1. The molecule has 0 aromatic heterocycles. The molecule has 6 heteroatoms. The van der Waals surface area contributed by atoms with E-state index in [1.165, 1.54) is 0 Å². The van der Waals surface area contributed by atoms with Crippen LogP contribution in [0.5, 0.6) is 5.75 Å². The first-order valence-corrected chi connectivity index (χ1v) is 8.19. The lowest BCUT2D eigenvalue weighted by molar-refractivity contribution is -0.0983. The molecule has 1 aromatic rings. The molecule has 2 heterocycles. The second kappa shape index (κ2) is 7.66. The average molecular weight is 320 g/mol. The molecule has 1 N–H and O–H groups in total. The first-order chi connectivity index (χ1) is 11.3. The molecule has 0 radical (unpaired) electrons. The van der Waals surface area contributed by atoms with Crippen LogP contribution in [0.1, 0.15) is 24.8 Å². The molecule has 2 fully saturated rings. The molecule has 1 aromatic carbocycles. The Balaban J connectivity index is 1.61. The van der Waals surface area contributed by atoms with E-state index in [2.05, 4.69) is 5.32 Å². The standard InChI is InChI=1S/C17H24N2O4/c1-21-15-8-3-2-6-13(15)12-18-17(20)19-9-5-4-7-14(19)16-22-10-11-23-16/h2-3,6,8,14,16H,4-5,7,9-12H2,1H3,(H,18,20). The van der Waals surface area contributed by atoms with Crippen LogP contribution in [-0.4, -0.2) is 50.1 Å². The molecule has 0 bridgehead atoms. The smallest absolute Gasteiger partial charge is 0.318 e. The Morgan fingerprint density at radius 3 is 2.87 bits per heavy atom. The zero-order valence-corrected chi connectivity index (χ0v) is 13.5. The molecule has 2 saturated heterocycles. The summed E-state index contributed by atoms with van der Waals surface area (Å²) in [5, 5.41) is 2.99. The summed E-state index contributed by atoms with van der Waals surface area (Å²) in [4.78, 5) is 14.5. The Labute approximate surface area is 136 Å². The van der Waals surface area contributed by atoms with Crippen LogP contribution in [0.4, 0.5) is 4.79 Å². The van der Waals surface area contributed by atoms with Crippen LogP contribution >= 0.6 is 0 Å². The maximum absolute atomic E-state index is 12.6. The summed E-state index contributed by atoms with van der Waals surface area (Å²) in [6, 6.07) is 7.64. The zero-order valence-electron chi connectivity index (χ0n) is 13.5. The van der Waals surface area contributed by atoms with Crippen LogP contribution in [0.15, 0.2) is 24.3 Å². The van der Waals surface area contributed by atoms with E-state index in [9.17, 15) is 4.79 Å². The lowest BCUT2D eigenvalue weighted by atomic mass is 10.0. The third kappa shape index (κ3) is 3.76. The molecule has 1 unspecified atom stereocenters. The van der Waals surface area contributed by atoms with Gasteiger partial charge in [-0.2, -0.15) is 0 Å². The van der Waals surface area contributed by atoms with Gasteiger partial charge in [-0.05, 0) is 25.3 Å². The molecule has 2 aliphatic heterocycles. The number of methoxy groups -OCH3 is 1. The average Bonchev–Trinajstić information content (AvgIpc) is 3.14. The van der Waals surface area contributed by atoms with Gasteiger partial charge in [0.25, 0.3) is 0 Å². The van der Waals surface area contributed by atoms with Crippen LogP contribution in [0, 0.1) is 0 Å². The molecule has 3 rings (SSSR count). The van der Waals surface area contributed by atoms with E-state index in [0.717, 1.165) is 37.1 Å². The highest BCUT2D eigenvalue weighted by atomic mass is 16.7. The Hall–Kier alpha value is -1.79. The van der Waals surface area contributed by atoms with Crippen molar-refractivity contribution in [1.82, 2.24) is 10.2 Å². The highest BCUT2D eigenvalue weighted by molar-refractivity contribution is 5.74. The van der Waals surface area contributed by atoms with E-state index in [1.807, 2.05) is 29.2 Å². The Kier molecular flexibility index (Phi) is 5.35. The molecule has 1 atom stereocenters. The van der Waals surface area contributed by atoms with Gasteiger partial charge in [0.15, 0.2) is 6.29 Å². The lowest BCUT2D eigenvalue weighted by Gasteiger charge is -2.37. The number of ether oxygens (including phenoxy) is 3. The third-order valence-corrected chi connectivity index (χ3v) is 4.39. The van der Waals surface area contributed by atoms with Gasteiger partial charge in [0.05, 0.1) is 26.4 Å². The molecule has 6 nitrogen and oxygen atoms in total. The summed E-state index contributed by atoms with van der Waals surface area (Å²) in [5.41, 5.74) is 0.963. The van der Waals surface area contributed by atoms with Crippen molar-refractivity contribution >= 4 is 6.03 Å². The van der Waals surface area contributed by atoms with Gasteiger partial charge in [0.1, 0.15) is 5.75 Å². The summed E-state index contributed by atoms with van der Waals surface area (Å²) < 4.78 is 16.5. The van der Waals surface area contributed by atoms with Crippen molar-refractivity contribution in [2.45, 2.75) is 38.1 Å². The molecule has 126 valence electrons. The summed E-state index contributed by atoms with van der Waals surface area (Å²) in [7, 11) is 1.64. The fourth-order valence-electron chi connectivity index (χ4n) is 3.21. The van der Waals surface area contributed by atoms with E-state index >= 15 is 0 Å². The van der Waals surface area contributed by atoms with Gasteiger partial charge in [0, 0.05) is 18.7 Å². The largest absolute Gasteiger partial charge is 0.496 e. The van der Waals surface area contributed by atoms with E-state index in [4.69, 9.17) is 14.2 Å². The molecule has 0 spiro atoms. The molecule has 0 saturated carbocycles. The quantitative estimate of drug-likeness (QED) is 0.923. The number of likely N-dealkylation sites (tertiary alicyclic amines) is 1. The minimum Gasteiger partial charge on any atom is -0.496 e. The van der Waals surface area contributed by atoms with Gasteiger partial charge in [0.2, 0.25) is 0 Å². The summed E-state index contributed by atoms with van der Waals surface area (Å²) in [6.45, 7) is 2.40. The number of rotatable bonds is 4. The van der Waals surface area contributed by atoms with Crippen molar-refractivity contribution in [2.75, 3.05) is 26.9 Å². The first kappa shape index (κ1) is 16.1. The number of nitrogens with zero attached hydrogens (tertiary/aromatic N) is 1. The molecule has 2 amide bonds. The summed E-state index contributed by atoms with van der Waals surface area (Å²) in [5.74, 6) is 0.783. The van der Waals surface area contributed by atoms with Crippen molar-refractivity contribution in [1.29, 1.82) is 0 Å². The number of benzene rings is 1. The van der Waals surface area contributed by atoms with Gasteiger partial charge in [-0.1, -0.05) is 18.2 Å². The van der Waals surface area contributed by atoms with Crippen molar-refractivity contribution in [3.8, 4) is 5.75 Å². The van der Waals surface area contributed by atoms with Crippen LogP contribution in [-0.2, 0) is 16.0 Å². The van der Waals surface area contributed by atoms with E-state index in [-0.39, 0.29) is 18.4 Å². The fraction of sp³-hybridized carbons (Fsp3) is 0.588. The molecular weight excluding hydrogens is 296 g/mol. The Bertz CT molecular complexity index is 531. The van der Waals surface area contributed by atoms with E-state index < -0.39 is 0 Å². The molecular formula is C17H24N2O4. The maximum Gasteiger partial charge on any atom is 0.318 e. The monoisotopic (exact) mass is 320 g/mol. The third-order valence-electron chi connectivity index (χ3n) is 4.39. The predicted molar refractivity (Wildman–Crippen MR) is 85.3 cm³/mol. The Morgan fingerprint density at radius 1 is 1.30 bits per heavy atom. The van der Waals surface area contributed by atoms with Gasteiger partial charge in [-0.15, -0.1) is 0 Å².